The van der Waals surface area contributed by atoms with E-state index in [2.05, 4.69) is 25.3 Å². The Morgan fingerprint density at radius 3 is 1.17 bits per heavy atom. The van der Waals surface area contributed by atoms with Crippen molar-refractivity contribution in [3.63, 3.8) is 0 Å². The minimum Gasteiger partial charge on any atom is -0.328 e. The van der Waals surface area contributed by atoms with E-state index >= 15 is 0 Å². The molecule has 0 aliphatic rings. The molecule has 9 heteroatoms. The molecule has 0 aromatic rings. The van der Waals surface area contributed by atoms with Crippen LogP contribution in [0.1, 0.15) is 149 Å². The van der Waals surface area contributed by atoms with Gasteiger partial charge < -0.3 is 28.3 Å². The summed E-state index contributed by atoms with van der Waals surface area (Å²) < 4.78 is 15.2. The van der Waals surface area contributed by atoms with Gasteiger partial charge in [-0.25, -0.2) is 0 Å². The highest BCUT2D eigenvalue weighted by Gasteiger charge is 2.13. The van der Waals surface area contributed by atoms with Crippen molar-refractivity contribution in [2.45, 2.75) is 149 Å². The SMILES string of the molecule is CCCCCCCCCCCCOP(O)O.CCCCCCCCCOP(O)(=S)OCCCCC. The van der Waals surface area contributed by atoms with E-state index in [-0.39, 0.29) is 0 Å². The monoisotopic (exact) mass is 560 g/mol. The molecule has 0 aromatic heterocycles. The highest BCUT2D eigenvalue weighted by Crippen LogP contribution is 2.43. The van der Waals surface area contributed by atoms with Crippen LogP contribution in [0.15, 0.2) is 0 Å². The first-order valence-electron chi connectivity index (χ1n) is 14.3. The lowest BCUT2D eigenvalue weighted by atomic mass is 10.1. The molecule has 0 heterocycles. The Morgan fingerprint density at radius 2 is 0.800 bits per heavy atom. The summed E-state index contributed by atoms with van der Waals surface area (Å²) in [6, 6.07) is 0. The molecular formula is C26H58O6P2S. The highest BCUT2D eigenvalue weighted by atomic mass is 32.5. The van der Waals surface area contributed by atoms with Crippen LogP contribution in [0.25, 0.3) is 0 Å². The first-order valence-corrected chi connectivity index (χ1v) is 18.1. The largest absolute Gasteiger partial charge is 0.328 e. The van der Waals surface area contributed by atoms with Crippen molar-refractivity contribution in [1.29, 1.82) is 0 Å². The third-order valence-corrected chi connectivity index (χ3v) is 7.77. The maximum Gasteiger partial charge on any atom is 0.327 e. The highest BCUT2D eigenvalue weighted by molar-refractivity contribution is 8.07. The minimum absolute atomic E-state index is 0.481. The van der Waals surface area contributed by atoms with Gasteiger partial charge in [-0.2, -0.15) is 0 Å². The minimum atomic E-state index is -2.97. The average Bonchev–Trinajstić information content (AvgIpc) is 2.82. The van der Waals surface area contributed by atoms with E-state index < -0.39 is 15.3 Å². The lowest BCUT2D eigenvalue weighted by Crippen LogP contribution is -1.98. The van der Waals surface area contributed by atoms with Gasteiger partial charge in [0.1, 0.15) is 0 Å². The molecule has 6 nitrogen and oxygen atoms in total. The predicted octanol–water partition coefficient (Wildman–Crippen LogP) is 9.31. The molecule has 1 atom stereocenters. The van der Waals surface area contributed by atoms with Gasteiger partial charge in [0.2, 0.25) is 0 Å². The quantitative estimate of drug-likeness (QED) is 0.0717. The fraction of sp³-hybridized carbons (Fsp3) is 1.00. The summed E-state index contributed by atoms with van der Waals surface area (Å²) in [4.78, 5) is 26.8. The summed E-state index contributed by atoms with van der Waals surface area (Å²) in [5.41, 5.74) is 0. The molecule has 0 spiro atoms. The first-order chi connectivity index (χ1) is 16.9. The number of unbranched alkanes of at least 4 members (excludes halogenated alkanes) is 17. The van der Waals surface area contributed by atoms with E-state index in [1.807, 2.05) is 0 Å². The predicted molar refractivity (Wildman–Crippen MR) is 155 cm³/mol. The molecule has 0 saturated carbocycles. The van der Waals surface area contributed by atoms with Crippen molar-refractivity contribution in [1.82, 2.24) is 0 Å². The van der Waals surface area contributed by atoms with Crippen molar-refractivity contribution >= 4 is 27.1 Å². The number of hydrogen-bond acceptors (Lipinski definition) is 6. The van der Waals surface area contributed by atoms with Gasteiger partial charge in [0.05, 0.1) is 19.8 Å². The maximum absolute atomic E-state index is 9.77. The third kappa shape index (κ3) is 37.1. The molecule has 0 bridgehead atoms. The Labute approximate surface area is 224 Å². The van der Waals surface area contributed by atoms with E-state index in [0.717, 1.165) is 44.9 Å². The van der Waals surface area contributed by atoms with Crippen LogP contribution < -0.4 is 0 Å². The van der Waals surface area contributed by atoms with Gasteiger partial charge in [-0.3, -0.25) is 0 Å². The molecule has 0 amide bonds. The van der Waals surface area contributed by atoms with Crippen LogP contribution in [0.4, 0.5) is 0 Å². The molecule has 0 radical (unpaired) electrons. The Bertz CT molecular complexity index is 444. The zero-order valence-electron chi connectivity index (χ0n) is 23.1. The van der Waals surface area contributed by atoms with Crippen molar-refractivity contribution < 1.29 is 28.3 Å². The van der Waals surface area contributed by atoms with Crippen molar-refractivity contribution in [3.05, 3.63) is 0 Å². The number of hydrogen-bond donors (Lipinski definition) is 3. The zero-order chi connectivity index (χ0) is 26.5. The van der Waals surface area contributed by atoms with Crippen LogP contribution in [0.5, 0.6) is 0 Å². The first kappa shape index (κ1) is 38.0. The second-order valence-electron chi connectivity index (χ2n) is 9.23. The van der Waals surface area contributed by atoms with Crippen LogP contribution in [0.2, 0.25) is 0 Å². The Morgan fingerprint density at radius 1 is 0.514 bits per heavy atom. The van der Waals surface area contributed by atoms with Crippen molar-refractivity contribution in [2.75, 3.05) is 19.8 Å². The summed E-state index contributed by atoms with van der Waals surface area (Å²) in [5.74, 6) is 0. The molecule has 3 N–H and O–H groups in total. The van der Waals surface area contributed by atoms with E-state index in [0.29, 0.717) is 19.8 Å². The maximum atomic E-state index is 9.77. The molecule has 1 unspecified atom stereocenters. The average molecular weight is 561 g/mol. The Kier molecular flexibility index (Phi) is 33.7. The molecule has 0 aliphatic heterocycles. The van der Waals surface area contributed by atoms with Crippen LogP contribution in [0.3, 0.4) is 0 Å². The van der Waals surface area contributed by atoms with Gasteiger partial charge in [-0.1, -0.05) is 130 Å². The lowest BCUT2D eigenvalue weighted by molar-refractivity contribution is 0.191. The summed E-state index contributed by atoms with van der Waals surface area (Å²) in [7, 11) is -2.14. The van der Waals surface area contributed by atoms with E-state index in [1.54, 1.807) is 0 Å². The summed E-state index contributed by atoms with van der Waals surface area (Å²) in [5, 5.41) is 0. The van der Waals surface area contributed by atoms with Gasteiger partial charge in [0.25, 0.3) is 0 Å². The fourth-order valence-electron chi connectivity index (χ4n) is 3.54. The van der Waals surface area contributed by atoms with E-state index in [4.69, 9.17) is 30.6 Å². The van der Waals surface area contributed by atoms with Crippen LogP contribution in [0, 0.1) is 0 Å². The topological polar surface area (TPSA) is 88.4 Å². The van der Waals surface area contributed by atoms with Crippen LogP contribution in [-0.2, 0) is 25.4 Å². The summed E-state index contributed by atoms with van der Waals surface area (Å²) >= 11 is 4.95. The van der Waals surface area contributed by atoms with Crippen molar-refractivity contribution in [2.24, 2.45) is 0 Å². The normalized spacial score (nSPS) is 13.0. The number of rotatable bonds is 26. The second kappa shape index (κ2) is 31.1. The Balaban J connectivity index is 0. The smallest absolute Gasteiger partial charge is 0.327 e. The van der Waals surface area contributed by atoms with E-state index in [1.165, 1.54) is 83.5 Å². The van der Waals surface area contributed by atoms with Gasteiger partial charge >= 0.3 is 15.3 Å². The Hall–Kier alpha value is 0.840. The lowest BCUT2D eigenvalue weighted by Gasteiger charge is -2.15. The standard InChI is InChI=1S/C14H31O3PS.C12H27O3P/c1-3-5-7-8-9-10-12-14-17-18(15,19)16-13-11-6-4-2;1-2-3-4-5-6-7-8-9-10-11-12-15-16(13)14/h3-14H2,1-2H3,(H,15,19);13-14H,2-12H2,1H3. The second-order valence-corrected chi connectivity index (χ2v) is 12.8. The van der Waals surface area contributed by atoms with Crippen LogP contribution in [-0.4, -0.2) is 34.5 Å². The molecular weight excluding hydrogens is 502 g/mol. The molecule has 0 aliphatic carbocycles. The fourth-order valence-corrected chi connectivity index (χ4v) is 5.08. The van der Waals surface area contributed by atoms with E-state index in [9.17, 15) is 4.89 Å². The molecule has 35 heavy (non-hydrogen) atoms. The summed E-state index contributed by atoms with van der Waals surface area (Å²) in [6.45, 7) is 5.15. The zero-order valence-corrected chi connectivity index (χ0v) is 25.7. The molecule has 0 rings (SSSR count). The molecule has 214 valence electrons. The molecule has 0 saturated heterocycles. The van der Waals surface area contributed by atoms with Gasteiger partial charge in [0, 0.05) is 0 Å². The van der Waals surface area contributed by atoms with Crippen molar-refractivity contribution in [3.8, 4) is 0 Å². The van der Waals surface area contributed by atoms with Gasteiger partial charge in [-0.05, 0) is 31.1 Å². The van der Waals surface area contributed by atoms with Crippen LogP contribution >= 0.6 is 15.3 Å². The van der Waals surface area contributed by atoms with Gasteiger partial charge in [-0.15, -0.1) is 0 Å². The summed E-state index contributed by atoms with van der Waals surface area (Å²) in [6.07, 6.45) is 24.6. The van der Waals surface area contributed by atoms with Gasteiger partial charge in [0.15, 0.2) is 0 Å². The molecule has 0 aromatic carbocycles. The molecule has 0 fully saturated rings. The third-order valence-electron chi connectivity index (χ3n) is 5.71.